The lowest BCUT2D eigenvalue weighted by atomic mass is 9.86. The molecule has 0 amide bonds. The van der Waals surface area contributed by atoms with Crippen LogP contribution in [-0.2, 0) is 5.41 Å². The van der Waals surface area contributed by atoms with Crippen LogP contribution < -0.4 is 4.74 Å². The highest BCUT2D eigenvalue weighted by molar-refractivity contribution is 7.27. The van der Waals surface area contributed by atoms with E-state index in [1.165, 1.54) is 19.8 Å². The molecule has 21 heavy (non-hydrogen) atoms. The second-order valence-electron chi connectivity index (χ2n) is 6.09. The van der Waals surface area contributed by atoms with Crippen LogP contribution in [0.1, 0.15) is 35.2 Å². The van der Waals surface area contributed by atoms with Crippen molar-refractivity contribution in [3.05, 3.63) is 51.7 Å². The van der Waals surface area contributed by atoms with Crippen molar-refractivity contribution >= 4 is 43.7 Å². The van der Waals surface area contributed by atoms with Gasteiger partial charge in [-0.1, -0.05) is 19.9 Å². The van der Waals surface area contributed by atoms with Crippen LogP contribution in [0.3, 0.4) is 0 Å². The molecule has 0 saturated carbocycles. The van der Waals surface area contributed by atoms with E-state index in [0.717, 1.165) is 17.9 Å². The first kappa shape index (κ1) is 13.6. The fourth-order valence-corrected chi connectivity index (χ4v) is 5.23. The second kappa shape index (κ2) is 4.73. The van der Waals surface area contributed by atoms with Crippen LogP contribution in [-0.4, -0.2) is 6.61 Å². The average Bonchev–Trinajstić information content (AvgIpc) is 3.11. The third-order valence-electron chi connectivity index (χ3n) is 4.02. The molecule has 0 bridgehead atoms. The topological polar surface area (TPSA) is 9.23 Å². The normalized spacial score (nSPS) is 17.7. The number of hydrogen-bond acceptors (Lipinski definition) is 3. The Labute approximate surface area is 137 Å². The molecule has 3 aromatic rings. The molecule has 0 aliphatic carbocycles. The molecule has 1 aromatic carbocycles. The summed E-state index contributed by atoms with van der Waals surface area (Å²) in [6.07, 6.45) is 0. The SMILES string of the molecule is CC1(C)COc2ccc(C(Cl)c3cc4sccc4s3)cc21. The van der Waals surface area contributed by atoms with Gasteiger partial charge in [-0.25, -0.2) is 0 Å². The van der Waals surface area contributed by atoms with E-state index in [1.807, 2.05) is 0 Å². The van der Waals surface area contributed by atoms with Crippen LogP contribution in [0, 0.1) is 0 Å². The zero-order valence-corrected chi connectivity index (χ0v) is 14.2. The first-order valence-electron chi connectivity index (χ1n) is 6.93. The van der Waals surface area contributed by atoms with E-state index in [-0.39, 0.29) is 10.8 Å². The van der Waals surface area contributed by atoms with E-state index in [1.54, 1.807) is 22.7 Å². The molecule has 2 aromatic heterocycles. The van der Waals surface area contributed by atoms with Gasteiger partial charge in [-0.3, -0.25) is 0 Å². The summed E-state index contributed by atoms with van der Waals surface area (Å²) < 4.78 is 8.40. The lowest BCUT2D eigenvalue weighted by molar-refractivity contribution is 0.291. The van der Waals surface area contributed by atoms with Gasteiger partial charge in [0.05, 0.1) is 12.0 Å². The van der Waals surface area contributed by atoms with Gasteiger partial charge < -0.3 is 4.74 Å². The molecule has 1 aliphatic heterocycles. The molecule has 1 unspecified atom stereocenters. The van der Waals surface area contributed by atoms with E-state index >= 15 is 0 Å². The van der Waals surface area contributed by atoms with Crippen molar-refractivity contribution in [3.63, 3.8) is 0 Å². The number of ether oxygens (including phenoxy) is 1. The number of thiophene rings is 2. The zero-order valence-electron chi connectivity index (χ0n) is 11.9. The zero-order chi connectivity index (χ0) is 14.6. The van der Waals surface area contributed by atoms with E-state index in [0.29, 0.717) is 0 Å². The maximum Gasteiger partial charge on any atom is 0.123 e. The quantitative estimate of drug-likeness (QED) is 0.525. The Bertz CT molecular complexity index is 787. The summed E-state index contributed by atoms with van der Waals surface area (Å²) in [7, 11) is 0. The van der Waals surface area contributed by atoms with Gasteiger partial charge in [-0.15, -0.1) is 34.3 Å². The van der Waals surface area contributed by atoms with Crippen LogP contribution in [0.4, 0.5) is 0 Å². The first-order chi connectivity index (χ1) is 10.0. The molecular weight excluding hydrogens is 320 g/mol. The van der Waals surface area contributed by atoms with Crippen molar-refractivity contribution in [1.82, 2.24) is 0 Å². The average molecular weight is 335 g/mol. The molecule has 4 rings (SSSR count). The van der Waals surface area contributed by atoms with Gasteiger partial charge in [-0.05, 0) is 35.2 Å². The molecule has 0 N–H and O–H groups in total. The lowest BCUT2D eigenvalue weighted by Gasteiger charge is -2.17. The summed E-state index contributed by atoms with van der Waals surface area (Å²) in [5.41, 5.74) is 2.49. The highest BCUT2D eigenvalue weighted by Gasteiger charge is 2.32. The summed E-state index contributed by atoms with van der Waals surface area (Å²) in [5.74, 6) is 1.000. The van der Waals surface area contributed by atoms with Gasteiger partial charge in [0.2, 0.25) is 0 Å². The Hall–Kier alpha value is -1.03. The van der Waals surface area contributed by atoms with E-state index in [2.05, 4.69) is 49.6 Å². The molecule has 4 heteroatoms. The van der Waals surface area contributed by atoms with Gasteiger partial charge in [0, 0.05) is 25.3 Å². The van der Waals surface area contributed by atoms with Crippen molar-refractivity contribution in [3.8, 4) is 5.75 Å². The van der Waals surface area contributed by atoms with Crippen LogP contribution in [0.15, 0.2) is 35.7 Å². The Morgan fingerprint density at radius 3 is 2.86 bits per heavy atom. The number of benzene rings is 1. The standard InChI is InChI=1S/C17H15ClOS2/c1-17(2)9-19-12-4-3-10(7-11(12)17)16(18)15-8-14-13(21-15)5-6-20-14/h3-8,16H,9H2,1-2H3. The predicted molar refractivity (Wildman–Crippen MR) is 92.4 cm³/mol. The Balaban J connectivity index is 1.75. The number of hydrogen-bond donors (Lipinski definition) is 0. The van der Waals surface area contributed by atoms with Crippen LogP contribution >= 0.6 is 34.3 Å². The summed E-state index contributed by atoms with van der Waals surface area (Å²) in [5, 5.41) is 2.04. The molecule has 1 atom stereocenters. The fraction of sp³-hybridized carbons (Fsp3) is 0.294. The summed E-state index contributed by atoms with van der Waals surface area (Å²) >= 11 is 10.3. The Kier molecular flexibility index (Phi) is 3.07. The number of halogens is 1. The van der Waals surface area contributed by atoms with Crippen molar-refractivity contribution < 1.29 is 4.74 Å². The molecule has 3 heterocycles. The van der Waals surface area contributed by atoms with Crippen LogP contribution in [0.5, 0.6) is 5.75 Å². The summed E-state index contributed by atoms with van der Waals surface area (Å²) in [6.45, 7) is 5.17. The van der Waals surface area contributed by atoms with E-state index in [4.69, 9.17) is 16.3 Å². The molecule has 0 fully saturated rings. The van der Waals surface area contributed by atoms with Crippen molar-refractivity contribution in [2.45, 2.75) is 24.6 Å². The fourth-order valence-electron chi connectivity index (χ4n) is 2.77. The van der Waals surface area contributed by atoms with E-state index in [9.17, 15) is 0 Å². The minimum atomic E-state index is -0.0868. The number of alkyl halides is 1. The Morgan fingerprint density at radius 1 is 1.19 bits per heavy atom. The van der Waals surface area contributed by atoms with E-state index < -0.39 is 0 Å². The predicted octanol–water partition coefficient (Wildman–Crippen LogP) is 5.96. The summed E-state index contributed by atoms with van der Waals surface area (Å²) in [6, 6.07) is 10.7. The van der Waals surface area contributed by atoms with Crippen molar-refractivity contribution in [2.24, 2.45) is 0 Å². The molecule has 0 saturated heterocycles. The maximum absolute atomic E-state index is 6.73. The number of rotatable bonds is 2. The number of fused-ring (bicyclic) bond motifs is 2. The molecule has 0 radical (unpaired) electrons. The Morgan fingerprint density at radius 2 is 2.05 bits per heavy atom. The molecule has 108 valence electrons. The maximum atomic E-state index is 6.73. The van der Waals surface area contributed by atoms with Crippen LogP contribution in [0.25, 0.3) is 9.40 Å². The van der Waals surface area contributed by atoms with Gasteiger partial charge >= 0.3 is 0 Å². The smallest absolute Gasteiger partial charge is 0.123 e. The second-order valence-corrected chi connectivity index (χ2v) is 8.59. The molecule has 1 nitrogen and oxygen atoms in total. The van der Waals surface area contributed by atoms with Crippen LogP contribution in [0.2, 0.25) is 0 Å². The highest BCUT2D eigenvalue weighted by Crippen LogP contribution is 2.43. The summed E-state index contributed by atoms with van der Waals surface area (Å²) in [4.78, 5) is 1.22. The first-order valence-corrected chi connectivity index (χ1v) is 9.06. The molecule has 1 aliphatic rings. The van der Waals surface area contributed by atoms with Gasteiger partial charge in [0.15, 0.2) is 0 Å². The highest BCUT2D eigenvalue weighted by atomic mass is 35.5. The molecular formula is C17H15ClOS2. The van der Waals surface area contributed by atoms with Gasteiger partial charge in [0.1, 0.15) is 5.75 Å². The molecule has 0 spiro atoms. The monoisotopic (exact) mass is 334 g/mol. The van der Waals surface area contributed by atoms with Crippen molar-refractivity contribution in [2.75, 3.05) is 6.61 Å². The van der Waals surface area contributed by atoms with Gasteiger partial charge in [-0.2, -0.15) is 0 Å². The minimum absolute atomic E-state index is 0.0672. The lowest BCUT2D eigenvalue weighted by Crippen LogP contribution is -2.18. The third kappa shape index (κ3) is 2.19. The van der Waals surface area contributed by atoms with Crippen molar-refractivity contribution in [1.29, 1.82) is 0 Å². The third-order valence-corrected chi connectivity index (χ3v) is 6.80. The largest absolute Gasteiger partial charge is 0.492 e. The van der Waals surface area contributed by atoms with Gasteiger partial charge in [0.25, 0.3) is 0 Å². The minimum Gasteiger partial charge on any atom is -0.492 e.